The van der Waals surface area contributed by atoms with Gasteiger partial charge in [-0.05, 0) is 26.3 Å². The van der Waals surface area contributed by atoms with Crippen molar-refractivity contribution in [3.05, 3.63) is 23.5 Å². The number of carbonyl (C=O) groups excluding carboxylic acids is 1. The van der Waals surface area contributed by atoms with Gasteiger partial charge in [-0.2, -0.15) is 0 Å². The van der Waals surface area contributed by atoms with Crippen molar-refractivity contribution in [2.45, 2.75) is 39.7 Å². The minimum Gasteiger partial charge on any atom is -0.339 e. The molecule has 1 rings (SSSR count). The number of anilines is 1. The molecular weight excluding hydrogens is 228 g/mol. The van der Waals surface area contributed by atoms with Gasteiger partial charge < -0.3 is 10.3 Å². The molecule has 5 nitrogen and oxygen atoms in total. The van der Waals surface area contributed by atoms with Crippen LogP contribution in [-0.2, 0) is 0 Å². The molecule has 3 N–H and O–H groups in total. The van der Waals surface area contributed by atoms with E-state index in [4.69, 9.17) is 5.84 Å². The molecule has 0 aromatic carbocycles. The predicted octanol–water partition coefficient (Wildman–Crippen LogP) is 1.94. The van der Waals surface area contributed by atoms with Crippen molar-refractivity contribution in [3.63, 3.8) is 0 Å². The van der Waals surface area contributed by atoms with E-state index in [1.54, 1.807) is 17.2 Å². The van der Waals surface area contributed by atoms with E-state index < -0.39 is 0 Å². The highest BCUT2D eigenvalue weighted by atomic mass is 16.2. The molecule has 0 fully saturated rings. The van der Waals surface area contributed by atoms with Gasteiger partial charge in [0.15, 0.2) is 0 Å². The fourth-order valence-electron chi connectivity index (χ4n) is 1.85. The van der Waals surface area contributed by atoms with Crippen LogP contribution in [0, 0.1) is 6.92 Å². The number of nitrogens with two attached hydrogens (primary N) is 1. The molecule has 1 unspecified atom stereocenters. The molecule has 0 saturated heterocycles. The number of pyridine rings is 1. The van der Waals surface area contributed by atoms with Crippen LogP contribution in [0.5, 0.6) is 0 Å². The number of nitrogen functional groups attached to an aromatic ring is 1. The lowest BCUT2D eigenvalue weighted by Gasteiger charge is -2.25. The van der Waals surface area contributed by atoms with Gasteiger partial charge >= 0.3 is 0 Å². The van der Waals surface area contributed by atoms with E-state index in [0.29, 0.717) is 11.3 Å². The van der Waals surface area contributed by atoms with Crippen molar-refractivity contribution in [1.82, 2.24) is 9.88 Å². The van der Waals surface area contributed by atoms with Crippen LogP contribution in [0.25, 0.3) is 0 Å². The summed E-state index contributed by atoms with van der Waals surface area (Å²) in [5.41, 5.74) is 4.50. The van der Waals surface area contributed by atoms with Crippen molar-refractivity contribution in [3.8, 4) is 0 Å². The van der Waals surface area contributed by atoms with E-state index in [9.17, 15) is 4.79 Å². The Balaban J connectivity index is 2.96. The van der Waals surface area contributed by atoms with Gasteiger partial charge in [-0.3, -0.25) is 15.6 Å². The van der Waals surface area contributed by atoms with Crippen molar-refractivity contribution in [2.75, 3.05) is 12.5 Å². The SMILES string of the molecule is CCCC(C)N(C)C(=O)c1cnc(C)cc1NN. The Morgan fingerprint density at radius 2 is 2.28 bits per heavy atom. The molecule has 0 aliphatic carbocycles. The zero-order valence-corrected chi connectivity index (χ0v) is 11.5. The first-order valence-electron chi connectivity index (χ1n) is 6.21. The highest BCUT2D eigenvalue weighted by Crippen LogP contribution is 2.18. The van der Waals surface area contributed by atoms with E-state index in [1.165, 1.54) is 0 Å². The van der Waals surface area contributed by atoms with Gasteiger partial charge in [0.2, 0.25) is 0 Å². The van der Waals surface area contributed by atoms with Gasteiger partial charge in [0, 0.05) is 25.0 Å². The summed E-state index contributed by atoms with van der Waals surface area (Å²) in [6.45, 7) is 6.01. The molecule has 100 valence electrons. The van der Waals surface area contributed by atoms with E-state index in [0.717, 1.165) is 18.5 Å². The Kier molecular flexibility index (Phi) is 5.09. The third-order valence-electron chi connectivity index (χ3n) is 3.11. The summed E-state index contributed by atoms with van der Waals surface area (Å²) >= 11 is 0. The molecule has 0 aliphatic rings. The topological polar surface area (TPSA) is 71.2 Å². The number of amides is 1. The third kappa shape index (κ3) is 3.20. The number of nitrogens with one attached hydrogen (secondary N) is 1. The molecule has 0 saturated carbocycles. The van der Waals surface area contributed by atoms with E-state index in [-0.39, 0.29) is 11.9 Å². The quantitative estimate of drug-likeness (QED) is 0.619. The third-order valence-corrected chi connectivity index (χ3v) is 3.11. The summed E-state index contributed by atoms with van der Waals surface area (Å²) < 4.78 is 0. The molecule has 1 atom stereocenters. The Labute approximate surface area is 108 Å². The second kappa shape index (κ2) is 6.35. The molecule has 0 radical (unpaired) electrons. The molecule has 5 heteroatoms. The molecule has 0 spiro atoms. The molecule has 1 aromatic rings. The molecule has 1 heterocycles. The van der Waals surface area contributed by atoms with Crippen molar-refractivity contribution in [1.29, 1.82) is 0 Å². The fourth-order valence-corrected chi connectivity index (χ4v) is 1.85. The summed E-state index contributed by atoms with van der Waals surface area (Å²) in [7, 11) is 1.81. The zero-order chi connectivity index (χ0) is 13.7. The van der Waals surface area contributed by atoms with E-state index >= 15 is 0 Å². The Bertz CT molecular complexity index is 419. The van der Waals surface area contributed by atoms with Crippen LogP contribution in [0.2, 0.25) is 0 Å². The summed E-state index contributed by atoms with van der Waals surface area (Å²) in [5, 5.41) is 0. The molecule has 0 aliphatic heterocycles. The van der Waals surface area contributed by atoms with Crippen LogP contribution >= 0.6 is 0 Å². The second-order valence-corrected chi connectivity index (χ2v) is 4.57. The van der Waals surface area contributed by atoms with Crippen LogP contribution in [0.1, 0.15) is 42.7 Å². The maximum Gasteiger partial charge on any atom is 0.257 e. The number of aromatic nitrogens is 1. The highest BCUT2D eigenvalue weighted by molar-refractivity contribution is 5.99. The van der Waals surface area contributed by atoms with Gasteiger partial charge in [0.1, 0.15) is 0 Å². The molecule has 0 bridgehead atoms. The Hall–Kier alpha value is -1.62. The van der Waals surface area contributed by atoms with Gasteiger partial charge in [0.05, 0.1) is 11.3 Å². The predicted molar refractivity (Wildman–Crippen MR) is 73.2 cm³/mol. The van der Waals surface area contributed by atoms with Crippen LogP contribution in [0.4, 0.5) is 5.69 Å². The fraction of sp³-hybridized carbons (Fsp3) is 0.538. The highest BCUT2D eigenvalue weighted by Gasteiger charge is 2.20. The monoisotopic (exact) mass is 250 g/mol. The standard InChI is InChI=1S/C13H22N4O/c1-5-6-10(3)17(4)13(18)11-8-15-9(2)7-12(11)16-14/h7-8,10H,5-6,14H2,1-4H3,(H,15,16). The van der Waals surface area contributed by atoms with Gasteiger partial charge in [-0.15, -0.1) is 0 Å². The summed E-state index contributed by atoms with van der Waals surface area (Å²) in [6.07, 6.45) is 3.60. The summed E-state index contributed by atoms with van der Waals surface area (Å²) in [6, 6.07) is 1.97. The van der Waals surface area contributed by atoms with Crippen LogP contribution in [-0.4, -0.2) is 28.9 Å². The largest absolute Gasteiger partial charge is 0.339 e. The summed E-state index contributed by atoms with van der Waals surface area (Å²) in [4.78, 5) is 18.2. The number of aryl methyl sites for hydroxylation is 1. The van der Waals surface area contributed by atoms with Crippen LogP contribution in [0.3, 0.4) is 0 Å². The number of nitrogens with zero attached hydrogens (tertiary/aromatic N) is 2. The van der Waals surface area contributed by atoms with Crippen molar-refractivity contribution < 1.29 is 4.79 Å². The molecular formula is C13H22N4O. The minimum atomic E-state index is -0.0589. The van der Waals surface area contributed by atoms with E-state index in [2.05, 4.69) is 17.3 Å². The molecule has 1 amide bonds. The first-order chi connectivity index (χ1) is 8.51. The number of carbonyl (C=O) groups is 1. The first kappa shape index (κ1) is 14.4. The normalized spacial score (nSPS) is 12.1. The average molecular weight is 250 g/mol. The van der Waals surface area contributed by atoms with Crippen LogP contribution < -0.4 is 11.3 Å². The maximum absolute atomic E-state index is 12.3. The average Bonchev–Trinajstić information content (AvgIpc) is 2.37. The van der Waals surface area contributed by atoms with Crippen molar-refractivity contribution in [2.24, 2.45) is 5.84 Å². The number of hydrogen-bond acceptors (Lipinski definition) is 4. The van der Waals surface area contributed by atoms with Gasteiger partial charge in [-0.25, -0.2) is 0 Å². The lowest BCUT2D eigenvalue weighted by atomic mass is 10.1. The lowest BCUT2D eigenvalue weighted by Crippen LogP contribution is -2.35. The molecule has 18 heavy (non-hydrogen) atoms. The Morgan fingerprint density at radius 3 is 2.83 bits per heavy atom. The summed E-state index contributed by atoms with van der Waals surface area (Å²) in [5.74, 6) is 5.38. The lowest BCUT2D eigenvalue weighted by molar-refractivity contribution is 0.0737. The first-order valence-corrected chi connectivity index (χ1v) is 6.21. The van der Waals surface area contributed by atoms with Gasteiger partial charge in [-0.1, -0.05) is 13.3 Å². The maximum atomic E-state index is 12.3. The van der Waals surface area contributed by atoms with Gasteiger partial charge in [0.25, 0.3) is 5.91 Å². The second-order valence-electron chi connectivity index (χ2n) is 4.57. The Morgan fingerprint density at radius 1 is 1.61 bits per heavy atom. The minimum absolute atomic E-state index is 0.0589. The van der Waals surface area contributed by atoms with Crippen molar-refractivity contribution >= 4 is 11.6 Å². The van der Waals surface area contributed by atoms with Crippen LogP contribution in [0.15, 0.2) is 12.3 Å². The number of rotatable bonds is 5. The number of hydrazine groups is 1. The molecule has 1 aromatic heterocycles. The zero-order valence-electron chi connectivity index (χ0n) is 11.5. The number of hydrogen-bond donors (Lipinski definition) is 2. The van der Waals surface area contributed by atoms with E-state index in [1.807, 2.05) is 20.9 Å². The smallest absolute Gasteiger partial charge is 0.257 e.